The van der Waals surface area contributed by atoms with Gasteiger partial charge in [-0.05, 0) is 29.8 Å². The molecule has 0 aliphatic carbocycles. The Bertz CT molecular complexity index is 1180. The van der Waals surface area contributed by atoms with Crippen LogP contribution in [0.3, 0.4) is 0 Å². The zero-order valence-electron chi connectivity index (χ0n) is 17.6. The summed E-state index contributed by atoms with van der Waals surface area (Å²) >= 11 is -0.130. The fraction of sp³-hybridized carbons (Fsp3) is 0.238. The molecule has 0 atom stereocenters. The van der Waals surface area contributed by atoms with Crippen LogP contribution in [0.1, 0.15) is 31.2 Å². The van der Waals surface area contributed by atoms with Gasteiger partial charge in [0.15, 0.2) is 5.13 Å². The zero-order chi connectivity index (χ0) is 26.0. The first-order valence-electron chi connectivity index (χ1n) is 9.51. The molecule has 1 N–H and O–H groups in total. The maximum Gasteiger partial charge on any atom is 0.431 e. The van der Waals surface area contributed by atoms with Crippen molar-refractivity contribution in [2.45, 2.75) is 24.5 Å². The number of pyridine rings is 1. The summed E-state index contributed by atoms with van der Waals surface area (Å²) in [6, 6.07) is 8.19. The van der Waals surface area contributed by atoms with Crippen LogP contribution in [0.15, 0.2) is 55.0 Å². The van der Waals surface area contributed by atoms with Crippen molar-refractivity contribution in [2.24, 2.45) is 0 Å². The van der Waals surface area contributed by atoms with Crippen molar-refractivity contribution in [1.29, 1.82) is 0 Å². The molecule has 0 radical (unpaired) electrons. The summed E-state index contributed by atoms with van der Waals surface area (Å²) in [4.78, 5) is 31.4. The molecule has 0 saturated heterocycles. The maximum atomic E-state index is 13.3. The number of aliphatic hydroxyl groups is 1. The molecule has 186 valence electrons. The molecule has 0 fully saturated rings. The highest BCUT2D eigenvalue weighted by atomic mass is 32.1. The van der Waals surface area contributed by atoms with Gasteiger partial charge in [-0.15, -0.1) is 0 Å². The third kappa shape index (κ3) is 5.12. The quantitative estimate of drug-likeness (QED) is 0.381. The minimum Gasteiger partial charge on any atom is -0.465 e. The molecule has 0 aliphatic heterocycles. The molecule has 1 amide bonds. The number of amides is 1. The van der Waals surface area contributed by atoms with Crippen molar-refractivity contribution >= 4 is 28.3 Å². The summed E-state index contributed by atoms with van der Waals surface area (Å²) in [5.74, 6) is -1.43. The van der Waals surface area contributed by atoms with Crippen LogP contribution in [-0.4, -0.2) is 46.4 Å². The van der Waals surface area contributed by atoms with E-state index in [4.69, 9.17) is 0 Å². The molecule has 0 saturated carbocycles. The molecule has 0 unspecified atom stereocenters. The average molecular weight is 519 g/mol. The lowest BCUT2D eigenvalue weighted by Crippen LogP contribution is -2.53. The topological polar surface area (TPSA) is 92.6 Å². The van der Waals surface area contributed by atoms with E-state index in [1.807, 2.05) is 0 Å². The summed E-state index contributed by atoms with van der Waals surface area (Å²) in [6.45, 7) is -0.327. The second-order valence-electron chi connectivity index (χ2n) is 7.03. The summed E-state index contributed by atoms with van der Waals surface area (Å²) in [6.07, 6.45) is -9.42. The van der Waals surface area contributed by atoms with Crippen LogP contribution in [0, 0.1) is 0 Å². The Balaban J connectivity index is 2.05. The van der Waals surface area contributed by atoms with Crippen LogP contribution >= 0.6 is 11.3 Å². The summed E-state index contributed by atoms with van der Waals surface area (Å²) in [7, 11) is 1.18. The van der Waals surface area contributed by atoms with E-state index >= 15 is 0 Å². The van der Waals surface area contributed by atoms with Crippen LogP contribution in [0.2, 0.25) is 0 Å². The number of carbonyl (C=O) groups is 2. The molecular weight excluding hydrogens is 504 g/mol. The number of benzene rings is 1. The molecule has 0 spiro atoms. The SMILES string of the molecule is COC(=O)c1ccc(CN(C(=O)c2ccncc2)c2ncc(C(O)(C(F)(F)F)C(F)(F)F)s2)cc1. The highest BCUT2D eigenvalue weighted by molar-refractivity contribution is 7.16. The zero-order valence-corrected chi connectivity index (χ0v) is 18.4. The molecule has 1 aromatic carbocycles. The van der Waals surface area contributed by atoms with Crippen molar-refractivity contribution in [2.75, 3.05) is 12.0 Å². The number of hydrogen-bond donors (Lipinski definition) is 1. The molecule has 7 nitrogen and oxygen atoms in total. The number of aromatic nitrogens is 2. The van der Waals surface area contributed by atoms with E-state index in [1.54, 1.807) is 0 Å². The van der Waals surface area contributed by atoms with Gasteiger partial charge < -0.3 is 9.84 Å². The Morgan fingerprint density at radius 1 is 0.971 bits per heavy atom. The molecule has 35 heavy (non-hydrogen) atoms. The third-order valence-electron chi connectivity index (χ3n) is 4.79. The summed E-state index contributed by atoms with van der Waals surface area (Å²) in [5, 5.41) is 9.14. The van der Waals surface area contributed by atoms with Gasteiger partial charge in [0.2, 0.25) is 0 Å². The fourth-order valence-corrected chi connectivity index (χ4v) is 3.96. The Morgan fingerprint density at radius 3 is 2.06 bits per heavy atom. The number of halogens is 6. The molecular formula is C21H15F6N3O4S. The van der Waals surface area contributed by atoms with Crippen LogP contribution in [-0.2, 0) is 16.9 Å². The van der Waals surface area contributed by atoms with Crippen molar-refractivity contribution in [3.63, 3.8) is 0 Å². The number of thiazole rings is 1. The van der Waals surface area contributed by atoms with E-state index in [2.05, 4.69) is 14.7 Å². The molecule has 3 rings (SSSR count). The number of anilines is 1. The summed E-state index contributed by atoms with van der Waals surface area (Å²) < 4.78 is 84.3. The first kappa shape index (κ1) is 26.1. The molecule has 14 heteroatoms. The summed E-state index contributed by atoms with van der Waals surface area (Å²) in [5.41, 5.74) is -4.59. The molecule has 0 bridgehead atoms. The lowest BCUT2D eigenvalue weighted by molar-refractivity contribution is -0.375. The second kappa shape index (κ2) is 9.62. The van der Waals surface area contributed by atoms with Gasteiger partial charge in [-0.1, -0.05) is 23.5 Å². The van der Waals surface area contributed by atoms with Crippen molar-refractivity contribution < 1.29 is 45.8 Å². The molecule has 2 heterocycles. The Kier molecular flexibility index (Phi) is 7.17. The highest BCUT2D eigenvalue weighted by Gasteiger charge is 2.72. The first-order valence-corrected chi connectivity index (χ1v) is 10.3. The number of nitrogens with zero attached hydrogens (tertiary/aromatic N) is 3. The van der Waals surface area contributed by atoms with Gasteiger partial charge in [0, 0.05) is 24.2 Å². The number of methoxy groups -OCH3 is 1. The standard InChI is InChI=1S/C21H15F6N3O4S/c1-34-17(32)14-4-2-12(3-5-14)11-30(16(31)13-6-8-28-9-7-13)18-29-10-15(35-18)19(33,20(22,23)24)21(25,26)27/h2-10,33H,11H2,1H3. The van der Waals surface area contributed by atoms with Crippen molar-refractivity contribution in [3.05, 3.63) is 76.6 Å². The van der Waals surface area contributed by atoms with E-state index in [-0.39, 0.29) is 35.2 Å². The number of alkyl halides is 6. The van der Waals surface area contributed by atoms with Gasteiger partial charge in [-0.25, -0.2) is 9.78 Å². The number of ether oxygens (including phenoxy) is 1. The molecule has 0 aliphatic rings. The fourth-order valence-electron chi connectivity index (χ4n) is 2.92. The average Bonchev–Trinajstić information content (AvgIpc) is 3.30. The minimum atomic E-state index is -6.10. The van der Waals surface area contributed by atoms with Crippen molar-refractivity contribution in [3.8, 4) is 0 Å². The number of hydrogen-bond acceptors (Lipinski definition) is 7. The molecule has 3 aromatic rings. The van der Waals surface area contributed by atoms with Crippen molar-refractivity contribution in [1.82, 2.24) is 9.97 Å². The molecule has 2 aromatic heterocycles. The predicted octanol–water partition coefficient (Wildman–Crippen LogP) is 4.48. The van der Waals surface area contributed by atoms with E-state index in [9.17, 15) is 41.0 Å². The predicted molar refractivity (Wildman–Crippen MR) is 111 cm³/mol. The van der Waals surface area contributed by atoms with E-state index in [0.717, 1.165) is 4.90 Å². The normalized spacial score (nSPS) is 12.3. The minimum absolute atomic E-state index is 0.0323. The van der Waals surface area contributed by atoms with Gasteiger partial charge in [0.1, 0.15) is 0 Å². The van der Waals surface area contributed by atoms with Crippen LogP contribution in [0.5, 0.6) is 0 Å². The van der Waals surface area contributed by atoms with Crippen LogP contribution < -0.4 is 4.90 Å². The van der Waals surface area contributed by atoms with Gasteiger partial charge in [-0.2, -0.15) is 26.3 Å². The van der Waals surface area contributed by atoms with Gasteiger partial charge in [0.05, 0.1) is 24.1 Å². The number of carbonyl (C=O) groups excluding carboxylic acids is 2. The second-order valence-corrected chi connectivity index (χ2v) is 8.04. The lowest BCUT2D eigenvalue weighted by atomic mass is 10.0. The van der Waals surface area contributed by atoms with E-state index < -0.39 is 39.8 Å². The number of rotatable bonds is 6. The van der Waals surface area contributed by atoms with Gasteiger partial charge in [-0.3, -0.25) is 14.7 Å². The Labute approximate surface area is 197 Å². The maximum absolute atomic E-state index is 13.3. The Morgan fingerprint density at radius 2 is 1.54 bits per heavy atom. The van der Waals surface area contributed by atoms with Gasteiger partial charge in [0.25, 0.3) is 11.5 Å². The highest BCUT2D eigenvalue weighted by Crippen LogP contribution is 2.52. The van der Waals surface area contributed by atoms with E-state index in [1.165, 1.54) is 55.9 Å². The van der Waals surface area contributed by atoms with E-state index in [0.29, 0.717) is 5.56 Å². The Hall–Kier alpha value is -3.52. The largest absolute Gasteiger partial charge is 0.465 e. The monoisotopic (exact) mass is 519 g/mol. The third-order valence-corrected chi connectivity index (χ3v) is 5.92. The first-order chi connectivity index (χ1) is 16.3. The smallest absolute Gasteiger partial charge is 0.431 e. The van der Waals surface area contributed by atoms with Gasteiger partial charge >= 0.3 is 18.3 Å². The number of esters is 1. The van der Waals surface area contributed by atoms with Crippen LogP contribution in [0.25, 0.3) is 0 Å². The van der Waals surface area contributed by atoms with Crippen LogP contribution in [0.4, 0.5) is 31.5 Å². The lowest BCUT2D eigenvalue weighted by Gasteiger charge is -2.30.